The number of carbonyl (C=O) groups is 1. The molecule has 0 aliphatic rings. The van der Waals surface area contributed by atoms with E-state index >= 15 is 0 Å². The summed E-state index contributed by atoms with van der Waals surface area (Å²) in [4.78, 5) is 12.2. The van der Waals surface area contributed by atoms with E-state index in [2.05, 4.69) is 17.4 Å². The fraction of sp³-hybridized carbons (Fsp3) is 0.375. The Labute approximate surface area is 119 Å². The maximum absolute atomic E-state index is 12.2. The summed E-state index contributed by atoms with van der Waals surface area (Å²) < 4.78 is 5.23. The van der Waals surface area contributed by atoms with Crippen LogP contribution in [0.1, 0.15) is 49.5 Å². The molecule has 1 heterocycles. The van der Waals surface area contributed by atoms with Crippen LogP contribution in [0.3, 0.4) is 0 Å². The molecule has 1 aromatic heterocycles. The minimum absolute atomic E-state index is 0.160. The maximum atomic E-state index is 12.2. The summed E-state index contributed by atoms with van der Waals surface area (Å²) in [5.74, 6) is 0.455. The van der Waals surface area contributed by atoms with Gasteiger partial charge in [0.05, 0.1) is 0 Å². The van der Waals surface area contributed by atoms with Gasteiger partial charge in [-0.3, -0.25) is 4.79 Å². The van der Waals surface area contributed by atoms with Gasteiger partial charge in [-0.25, -0.2) is 0 Å². The average Bonchev–Trinajstić information content (AvgIpc) is 2.89. The highest BCUT2D eigenvalue weighted by Gasteiger charge is 2.22. The molecule has 4 nitrogen and oxygen atoms in total. The molecule has 20 heavy (non-hydrogen) atoms. The molecule has 0 aliphatic carbocycles. The fourth-order valence-corrected chi connectivity index (χ4v) is 1.87. The van der Waals surface area contributed by atoms with E-state index in [4.69, 9.17) is 4.52 Å². The zero-order chi connectivity index (χ0) is 14.8. The van der Waals surface area contributed by atoms with Gasteiger partial charge in [0.25, 0.3) is 5.91 Å². The number of hydrogen-bond acceptors (Lipinski definition) is 3. The lowest BCUT2D eigenvalue weighted by Gasteiger charge is -2.12. The van der Waals surface area contributed by atoms with Gasteiger partial charge < -0.3 is 9.84 Å². The number of nitrogens with one attached hydrogen (secondary N) is 1. The number of anilines is 1. The van der Waals surface area contributed by atoms with Crippen LogP contribution in [0.25, 0.3) is 0 Å². The van der Waals surface area contributed by atoms with Gasteiger partial charge in [0.1, 0.15) is 5.76 Å². The zero-order valence-corrected chi connectivity index (χ0v) is 12.4. The number of nitrogens with zero attached hydrogens (tertiary/aromatic N) is 1. The largest absolute Gasteiger partial charge is 0.360 e. The van der Waals surface area contributed by atoms with Crippen molar-refractivity contribution in [3.8, 4) is 0 Å². The molecule has 0 saturated heterocycles. The Kier molecular flexibility index (Phi) is 3.93. The summed E-state index contributed by atoms with van der Waals surface area (Å²) in [6.07, 6.45) is 0.864. The lowest BCUT2D eigenvalue weighted by atomic mass is 9.93. The van der Waals surface area contributed by atoms with E-state index in [1.807, 2.05) is 45.0 Å². The van der Waals surface area contributed by atoms with Crippen molar-refractivity contribution in [2.45, 2.75) is 39.5 Å². The first-order chi connectivity index (χ1) is 9.41. The van der Waals surface area contributed by atoms with E-state index in [1.54, 1.807) is 6.07 Å². The Morgan fingerprint density at radius 2 is 2.00 bits per heavy atom. The number of aryl methyl sites for hydroxylation is 1. The van der Waals surface area contributed by atoms with E-state index < -0.39 is 0 Å². The van der Waals surface area contributed by atoms with Crippen LogP contribution in [0.2, 0.25) is 0 Å². The lowest BCUT2D eigenvalue weighted by molar-refractivity contribution is 0.101. The minimum Gasteiger partial charge on any atom is -0.360 e. The fourth-order valence-electron chi connectivity index (χ4n) is 1.87. The normalized spacial score (nSPS) is 11.4. The van der Waals surface area contributed by atoms with Crippen molar-refractivity contribution in [2.24, 2.45) is 0 Å². The Bertz CT molecular complexity index is 609. The quantitative estimate of drug-likeness (QED) is 0.925. The summed E-state index contributed by atoms with van der Waals surface area (Å²) in [5, 5.41) is 6.73. The molecule has 0 fully saturated rings. The summed E-state index contributed by atoms with van der Waals surface area (Å²) >= 11 is 0. The second-order valence-corrected chi connectivity index (χ2v) is 5.79. The first-order valence-corrected chi connectivity index (χ1v) is 6.78. The van der Waals surface area contributed by atoms with Crippen molar-refractivity contribution in [3.63, 3.8) is 0 Å². The van der Waals surface area contributed by atoms with Crippen molar-refractivity contribution in [2.75, 3.05) is 5.32 Å². The third-order valence-corrected chi connectivity index (χ3v) is 3.13. The van der Waals surface area contributed by atoms with Crippen LogP contribution in [-0.2, 0) is 11.8 Å². The molecule has 0 radical (unpaired) electrons. The van der Waals surface area contributed by atoms with Gasteiger partial charge in [0.2, 0.25) is 0 Å². The number of para-hydroxylation sites is 1. The van der Waals surface area contributed by atoms with Crippen LogP contribution in [0, 0.1) is 0 Å². The molecular weight excluding hydrogens is 252 g/mol. The van der Waals surface area contributed by atoms with Gasteiger partial charge in [0, 0.05) is 17.2 Å². The van der Waals surface area contributed by atoms with Gasteiger partial charge in [-0.05, 0) is 18.1 Å². The molecular formula is C16H20N2O2. The highest BCUT2D eigenvalue weighted by molar-refractivity contribution is 6.03. The number of aromatic nitrogens is 1. The van der Waals surface area contributed by atoms with E-state index in [-0.39, 0.29) is 11.3 Å². The molecule has 0 bridgehead atoms. The predicted octanol–water partition coefficient (Wildman–Crippen LogP) is 3.79. The van der Waals surface area contributed by atoms with Crippen molar-refractivity contribution >= 4 is 11.6 Å². The second kappa shape index (κ2) is 5.49. The molecule has 1 aromatic carbocycles. The van der Waals surface area contributed by atoms with Crippen molar-refractivity contribution < 1.29 is 9.32 Å². The topological polar surface area (TPSA) is 55.1 Å². The Morgan fingerprint density at radius 3 is 2.60 bits per heavy atom. The third-order valence-electron chi connectivity index (χ3n) is 3.13. The summed E-state index contributed by atoms with van der Waals surface area (Å²) in [7, 11) is 0. The number of amides is 1. The molecule has 0 atom stereocenters. The summed E-state index contributed by atoms with van der Waals surface area (Å²) in [5.41, 5.74) is 2.06. The van der Waals surface area contributed by atoms with E-state index in [9.17, 15) is 4.79 Å². The van der Waals surface area contributed by atoms with Crippen molar-refractivity contribution in [1.29, 1.82) is 0 Å². The molecule has 1 N–H and O–H groups in total. The molecule has 4 heteroatoms. The van der Waals surface area contributed by atoms with Crippen LogP contribution in [0.4, 0.5) is 5.69 Å². The summed E-state index contributed by atoms with van der Waals surface area (Å²) in [6, 6.07) is 9.45. The van der Waals surface area contributed by atoms with E-state index in [1.165, 1.54) is 0 Å². The molecule has 0 spiro atoms. The smallest absolute Gasteiger partial charge is 0.277 e. The zero-order valence-electron chi connectivity index (χ0n) is 12.4. The Balaban J connectivity index is 2.18. The highest BCUT2D eigenvalue weighted by Crippen LogP contribution is 2.23. The number of rotatable bonds is 3. The average molecular weight is 272 g/mol. The molecule has 2 aromatic rings. The molecule has 0 saturated carbocycles. The minimum atomic E-state index is -0.245. The number of hydrogen-bond donors (Lipinski definition) is 1. The van der Waals surface area contributed by atoms with Gasteiger partial charge in [-0.1, -0.05) is 51.1 Å². The van der Waals surface area contributed by atoms with Crippen molar-refractivity contribution in [3.05, 3.63) is 47.3 Å². The van der Waals surface area contributed by atoms with E-state index in [0.29, 0.717) is 11.5 Å². The van der Waals surface area contributed by atoms with Crippen LogP contribution < -0.4 is 5.32 Å². The van der Waals surface area contributed by atoms with Crippen LogP contribution in [-0.4, -0.2) is 11.1 Å². The lowest BCUT2D eigenvalue weighted by Crippen LogP contribution is -2.14. The first kappa shape index (κ1) is 14.3. The van der Waals surface area contributed by atoms with Crippen molar-refractivity contribution in [1.82, 2.24) is 5.16 Å². The first-order valence-electron chi connectivity index (χ1n) is 6.78. The second-order valence-electron chi connectivity index (χ2n) is 5.79. The SMILES string of the molecule is CCc1ccccc1NC(=O)c1cc(C(C)(C)C)on1. The maximum Gasteiger partial charge on any atom is 0.277 e. The summed E-state index contributed by atoms with van der Waals surface area (Å²) in [6.45, 7) is 8.10. The Hall–Kier alpha value is -2.10. The van der Waals surface area contributed by atoms with Crippen LogP contribution in [0.15, 0.2) is 34.9 Å². The Morgan fingerprint density at radius 1 is 1.30 bits per heavy atom. The van der Waals surface area contributed by atoms with Crippen LogP contribution >= 0.6 is 0 Å². The van der Waals surface area contributed by atoms with Gasteiger partial charge in [-0.15, -0.1) is 0 Å². The van der Waals surface area contributed by atoms with Gasteiger partial charge in [0.15, 0.2) is 5.69 Å². The number of carbonyl (C=O) groups excluding carboxylic acids is 1. The molecule has 1 amide bonds. The predicted molar refractivity (Wildman–Crippen MR) is 79.0 cm³/mol. The van der Waals surface area contributed by atoms with Crippen LogP contribution in [0.5, 0.6) is 0 Å². The number of benzene rings is 1. The molecule has 0 aliphatic heterocycles. The standard InChI is InChI=1S/C16H20N2O2/c1-5-11-8-6-7-9-12(11)17-15(19)13-10-14(20-18-13)16(2,3)4/h6-10H,5H2,1-4H3,(H,17,19). The molecule has 106 valence electrons. The van der Waals surface area contributed by atoms with Gasteiger partial charge >= 0.3 is 0 Å². The van der Waals surface area contributed by atoms with E-state index in [0.717, 1.165) is 17.7 Å². The third kappa shape index (κ3) is 3.07. The molecule has 2 rings (SSSR count). The van der Waals surface area contributed by atoms with Gasteiger partial charge in [-0.2, -0.15) is 0 Å². The monoisotopic (exact) mass is 272 g/mol. The molecule has 0 unspecified atom stereocenters. The highest BCUT2D eigenvalue weighted by atomic mass is 16.5.